The van der Waals surface area contributed by atoms with Crippen molar-refractivity contribution in [3.8, 4) is 0 Å². The maximum Gasteiger partial charge on any atom is 0.184 e. The maximum absolute atomic E-state index is 4.65. The molecule has 18 heavy (non-hydrogen) atoms. The lowest BCUT2D eigenvalue weighted by molar-refractivity contribution is 0.756. The topological polar surface area (TPSA) is 24.9 Å². The number of halogens is 1. The summed E-state index contributed by atoms with van der Waals surface area (Å²) in [5, 5.41) is 5.48. The van der Waals surface area contributed by atoms with Crippen LogP contribution < -0.4 is 5.32 Å². The number of anilines is 1. The largest absolute Gasteiger partial charge is 0.359 e. The number of aromatic nitrogens is 1. The summed E-state index contributed by atoms with van der Waals surface area (Å²) in [6.07, 6.45) is 6.07. The molecule has 1 fully saturated rings. The van der Waals surface area contributed by atoms with Crippen LogP contribution in [-0.4, -0.2) is 22.5 Å². The summed E-state index contributed by atoms with van der Waals surface area (Å²) in [6, 6.07) is 6.86. The highest BCUT2D eigenvalue weighted by molar-refractivity contribution is 9.10. The highest BCUT2D eigenvalue weighted by atomic mass is 79.9. The number of thiazole rings is 1. The van der Waals surface area contributed by atoms with Crippen LogP contribution >= 0.6 is 39.0 Å². The van der Waals surface area contributed by atoms with Gasteiger partial charge in [0.05, 0.1) is 10.2 Å². The van der Waals surface area contributed by atoms with E-state index in [4.69, 9.17) is 0 Å². The van der Waals surface area contributed by atoms with E-state index in [0.717, 1.165) is 20.4 Å². The number of hydrogen-bond acceptors (Lipinski definition) is 4. The summed E-state index contributed by atoms with van der Waals surface area (Å²) in [6.45, 7) is 0. The third-order valence-corrected chi connectivity index (χ3v) is 5.93. The highest BCUT2D eigenvalue weighted by Gasteiger charge is 2.24. The van der Waals surface area contributed by atoms with Crippen molar-refractivity contribution >= 4 is 54.4 Å². The van der Waals surface area contributed by atoms with Crippen LogP contribution in [0.1, 0.15) is 19.3 Å². The molecule has 1 aromatic carbocycles. The summed E-state index contributed by atoms with van der Waals surface area (Å²) < 4.78 is 2.36. The fourth-order valence-corrected chi connectivity index (χ4v) is 4.71. The zero-order valence-electron chi connectivity index (χ0n) is 10.1. The molecule has 2 nitrogen and oxygen atoms in total. The second-order valence-corrected chi connectivity index (χ2v) is 7.73. The molecule has 5 heteroatoms. The van der Waals surface area contributed by atoms with Crippen molar-refractivity contribution in [3.63, 3.8) is 0 Å². The number of thioether (sulfide) groups is 1. The molecule has 3 rings (SSSR count). The van der Waals surface area contributed by atoms with Crippen molar-refractivity contribution in [2.24, 2.45) is 0 Å². The molecule has 1 aliphatic rings. The Morgan fingerprint density at radius 2 is 2.33 bits per heavy atom. The van der Waals surface area contributed by atoms with Gasteiger partial charge in [-0.15, -0.1) is 0 Å². The smallest absolute Gasteiger partial charge is 0.184 e. The van der Waals surface area contributed by atoms with Gasteiger partial charge in [-0.3, -0.25) is 0 Å². The minimum absolute atomic E-state index is 0.603. The van der Waals surface area contributed by atoms with Crippen molar-refractivity contribution < 1.29 is 0 Å². The van der Waals surface area contributed by atoms with Crippen LogP contribution in [0.2, 0.25) is 0 Å². The Balaban J connectivity index is 1.75. The Hall–Kier alpha value is -0.260. The van der Waals surface area contributed by atoms with E-state index in [0.29, 0.717) is 6.04 Å². The molecule has 1 heterocycles. The number of hydrogen-bond donors (Lipinski definition) is 1. The van der Waals surface area contributed by atoms with E-state index in [1.54, 1.807) is 11.3 Å². The number of rotatable bonds is 3. The first kappa shape index (κ1) is 12.8. The standard InChI is InChI=1S/C13H15BrN2S2/c1-17-10-4-3-9(7-10)15-13-16-11-5-2-8(14)6-12(11)18-13/h2,5-6,9-10H,3-4,7H2,1H3,(H,15,16). The molecule has 2 unspecified atom stereocenters. The van der Waals surface area contributed by atoms with Gasteiger partial charge in [-0.25, -0.2) is 4.98 Å². The molecule has 2 atom stereocenters. The van der Waals surface area contributed by atoms with Crippen molar-refractivity contribution in [3.05, 3.63) is 22.7 Å². The van der Waals surface area contributed by atoms with Crippen molar-refractivity contribution in [2.75, 3.05) is 11.6 Å². The average Bonchev–Trinajstić information content (AvgIpc) is 2.95. The van der Waals surface area contributed by atoms with Gasteiger partial charge in [0, 0.05) is 15.8 Å². The molecule has 0 saturated heterocycles. The molecule has 96 valence electrons. The van der Waals surface area contributed by atoms with Crippen LogP contribution in [0.3, 0.4) is 0 Å². The van der Waals surface area contributed by atoms with Crippen molar-refractivity contribution in [1.29, 1.82) is 0 Å². The molecule has 0 spiro atoms. The van der Waals surface area contributed by atoms with Crippen LogP contribution in [0.25, 0.3) is 10.2 Å². The fraction of sp³-hybridized carbons (Fsp3) is 0.462. The van der Waals surface area contributed by atoms with Gasteiger partial charge in [-0.1, -0.05) is 27.3 Å². The Morgan fingerprint density at radius 1 is 1.44 bits per heavy atom. The van der Waals surface area contributed by atoms with Gasteiger partial charge in [-0.2, -0.15) is 11.8 Å². The van der Waals surface area contributed by atoms with Gasteiger partial charge in [0.2, 0.25) is 0 Å². The summed E-state index contributed by atoms with van der Waals surface area (Å²) in [5.74, 6) is 0. The van der Waals surface area contributed by atoms with Crippen molar-refractivity contribution in [1.82, 2.24) is 4.98 Å². The lowest BCUT2D eigenvalue weighted by Gasteiger charge is -2.10. The monoisotopic (exact) mass is 342 g/mol. The maximum atomic E-state index is 4.65. The Kier molecular flexibility index (Phi) is 3.82. The van der Waals surface area contributed by atoms with Crippen LogP contribution in [0, 0.1) is 0 Å². The van der Waals surface area contributed by atoms with Gasteiger partial charge >= 0.3 is 0 Å². The third kappa shape index (κ3) is 2.68. The van der Waals surface area contributed by atoms with Crippen LogP contribution in [0.5, 0.6) is 0 Å². The molecule has 2 aromatic rings. The normalized spacial score (nSPS) is 23.7. The molecule has 1 aromatic heterocycles. The van der Waals surface area contributed by atoms with Crippen molar-refractivity contribution in [2.45, 2.75) is 30.6 Å². The SMILES string of the molecule is CSC1CCC(Nc2nc3ccc(Br)cc3s2)C1. The van der Waals surface area contributed by atoms with E-state index in [9.17, 15) is 0 Å². The molecule has 0 aliphatic heterocycles. The number of benzene rings is 1. The van der Waals surface area contributed by atoms with E-state index in [1.165, 1.54) is 24.0 Å². The molecule has 1 aliphatic carbocycles. The first-order valence-electron chi connectivity index (χ1n) is 6.10. The van der Waals surface area contributed by atoms with Gasteiger partial charge in [0.25, 0.3) is 0 Å². The molecule has 0 radical (unpaired) electrons. The third-order valence-electron chi connectivity index (χ3n) is 3.40. The molecule has 0 amide bonds. The van der Waals surface area contributed by atoms with Crippen LogP contribution in [0.15, 0.2) is 22.7 Å². The zero-order chi connectivity index (χ0) is 12.5. The van der Waals surface area contributed by atoms with E-state index in [1.807, 2.05) is 17.8 Å². The van der Waals surface area contributed by atoms with E-state index in [2.05, 4.69) is 44.6 Å². The minimum Gasteiger partial charge on any atom is -0.359 e. The molecular formula is C13H15BrN2S2. The van der Waals surface area contributed by atoms with E-state index < -0.39 is 0 Å². The Bertz CT molecular complexity index is 555. The molecule has 1 saturated carbocycles. The lowest BCUT2D eigenvalue weighted by atomic mass is 10.3. The fourth-order valence-electron chi connectivity index (χ4n) is 2.42. The van der Waals surface area contributed by atoms with Crippen LogP contribution in [-0.2, 0) is 0 Å². The number of fused-ring (bicyclic) bond motifs is 1. The predicted molar refractivity (Wildman–Crippen MR) is 85.9 cm³/mol. The molecule has 0 bridgehead atoms. The number of nitrogens with zero attached hydrogens (tertiary/aromatic N) is 1. The second-order valence-electron chi connectivity index (χ2n) is 4.64. The summed E-state index contributed by atoms with van der Waals surface area (Å²) in [7, 11) is 0. The number of nitrogens with one attached hydrogen (secondary N) is 1. The lowest BCUT2D eigenvalue weighted by Crippen LogP contribution is -2.15. The van der Waals surface area contributed by atoms with Gasteiger partial charge < -0.3 is 5.32 Å². The van der Waals surface area contributed by atoms with E-state index in [-0.39, 0.29) is 0 Å². The Labute approximate surface area is 124 Å². The minimum atomic E-state index is 0.603. The second kappa shape index (κ2) is 5.39. The Morgan fingerprint density at radius 3 is 3.11 bits per heavy atom. The predicted octanol–water partition coefficient (Wildman–Crippen LogP) is 4.75. The summed E-state index contributed by atoms with van der Waals surface area (Å²) >= 11 is 7.24. The van der Waals surface area contributed by atoms with Crippen LogP contribution in [0.4, 0.5) is 5.13 Å². The van der Waals surface area contributed by atoms with Gasteiger partial charge in [0.1, 0.15) is 0 Å². The molecule has 1 N–H and O–H groups in total. The average molecular weight is 343 g/mol. The first-order chi connectivity index (χ1) is 8.74. The quantitative estimate of drug-likeness (QED) is 0.870. The summed E-state index contributed by atoms with van der Waals surface area (Å²) in [4.78, 5) is 4.65. The van der Waals surface area contributed by atoms with Gasteiger partial charge in [0.15, 0.2) is 5.13 Å². The zero-order valence-corrected chi connectivity index (χ0v) is 13.4. The first-order valence-corrected chi connectivity index (χ1v) is 9.00. The van der Waals surface area contributed by atoms with Gasteiger partial charge in [-0.05, 0) is 43.7 Å². The highest BCUT2D eigenvalue weighted by Crippen LogP contribution is 2.33. The van der Waals surface area contributed by atoms with E-state index >= 15 is 0 Å². The summed E-state index contributed by atoms with van der Waals surface area (Å²) in [5.41, 5.74) is 1.09. The molecular weight excluding hydrogens is 328 g/mol.